The van der Waals surface area contributed by atoms with E-state index in [1.54, 1.807) is 14.2 Å². The topological polar surface area (TPSA) is 63.9 Å². The van der Waals surface area contributed by atoms with Gasteiger partial charge < -0.3 is 14.0 Å². The summed E-state index contributed by atoms with van der Waals surface area (Å²) in [4.78, 5) is 9.44. The van der Waals surface area contributed by atoms with E-state index in [2.05, 4.69) is 51.1 Å². The first kappa shape index (κ1) is 20.4. The Labute approximate surface area is 177 Å². The number of benzene rings is 2. The minimum absolute atomic E-state index is 0.530. The molecular formula is C23H28N4O3. The molecule has 1 aromatic heterocycles. The molecule has 1 aliphatic heterocycles. The smallest absolute Gasteiger partial charge is 0.241 e. The SMILES string of the molecule is COc1ccc(-c2noc(CN3CCN(Cc4ccccc4C)CC3)n2)c(OC)c1. The van der Waals surface area contributed by atoms with E-state index in [4.69, 9.17) is 14.0 Å². The van der Waals surface area contributed by atoms with Crippen LogP contribution in [0.5, 0.6) is 11.5 Å². The maximum absolute atomic E-state index is 5.51. The molecular weight excluding hydrogens is 380 g/mol. The van der Waals surface area contributed by atoms with Crippen molar-refractivity contribution in [2.75, 3.05) is 40.4 Å². The number of rotatable bonds is 7. The van der Waals surface area contributed by atoms with E-state index >= 15 is 0 Å². The first-order chi connectivity index (χ1) is 14.7. The molecule has 4 rings (SSSR count). The van der Waals surface area contributed by atoms with Crippen LogP contribution in [0, 0.1) is 6.92 Å². The number of methoxy groups -OCH3 is 2. The van der Waals surface area contributed by atoms with E-state index in [9.17, 15) is 0 Å². The molecule has 1 aliphatic rings. The highest BCUT2D eigenvalue weighted by Gasteiger charge is 2.21. The van der Waals surface area contributed by atoms with Gasteiger partial charge in [0.05, 0.1) is 26.3 Å². The molecule has 0 amide bonds. The summed E-state index contributed by atoms with van der Waals surface area (Å²) in [7, 11) is 3.25. The monoisotopic (exact) mass is 408 g/mol. The summed E-state index contributed by atoms with van der Waals surface area (Å²) in [6, 6.07) is 14.2. The van der Waals surface area contributed by atoms with Gasteiger partial charge in [0.25, 0.3) is 0 Å². The van der Waals surface area contributed by atoms with Crippen molar-refractivity contribution >= 4 is 0 Å². The first-order valence-corrected chi connectivity index (χ1v) is 10.2. The van der Waals surface area contributed by atoms with Crippen LogP contribution in [0.15, 0.2) is 47.0 Å². The van der Waals surface area contributed by atoms with E-state index in [-0.39, 0.29) is 0 Å². The number of piperazine rings is 1. The molecule has 0 saturated carbocycles. The highest BCUT2D eigenvalue weighted by atomic mass is 16.5. The van der Waals surface area contributed by atoms with Gasteiger partial charge in [-0.1, -0.05) is 29.4 Å². The van der Waals surface area contributed by atoms with Gasteiger partial charge in [0.2, 0.25) is 11.7 Å². The lowest BCUT2D eigenvalue weighted by molar-refractivity contribution is 0.112. The Morgan fingerprint density at radius 1 is 0.933 bits per heavy atom. The highest BCUT2D eigenvalue weighted by Crippen LogP contribution is 2.31. The number of hydrogen-bond acceptors (Lipinski definition) is 7. The molecule has 0 radical (unpaired) electrons. The molecule has 0 unspecified atom stereocenters. The van der Waals surface area contributed by atoms with Crippen molar-refractivity contribution in [2.45, 2.75) is 20.0 Å². The first-order valence-electron chi connectivity index (χ1n) is 10.2. The van der Waals surface area contributed by atoms with Gasteiger partial charge in [0.15, 0.2) is 0 Å². The fourth-order valence-corrected chi connectivity index (χ4v) is 3.74. The van der Waals surface area contributed by atoms with Gasteiger partial charge in [0, 0.05) is 38.8 Å². The zero-order valence-corrected chi connectivity index (χ0v) is 17.8. The Balaban J connectivity index is 1.35. The zero-order valence-electron chi connectivity index (χ0n) is 17.8. The normalized spacial score (nSPS) is 15.3. The van der Waals surface area contributed by atoms with Crippen molar-refractivity contribution in [1.82, 2.24) is 19.9 Å². The van der Waals surface area contributed by atoms with Gasteiger partial charge in [-0.3, -0.25) is 9.80 Å². The molecule has 30 heavy (non-hydrogen) atoms. The fourth-order valence-electron chi connectivity index (χ4n) is 3.74. The van der Waals surface area contributed by atoms with E-state index in [1.807, 2.05) is 18.2 Å². The van der Waals surface area contributed by atoms with Gasteiger partial charge in [-0.25, -0.2) is 0 Å². The van der Waals surface area contributed by atoms with E-state index in [0.717, 1.165) is 44.0 Å². The average Bonchev–Trinajstić information content (AvgIpc) is 3.24. The Hall–Kier alpha value is -2.90. The van der Waals surface area contributed by atoms with Crippen LogP contribution in [0.1, 0.15) is 17.0 Å². The maximum Gasteiger partial charge on any atom is 0.241 e. The lowest BCUT2D eigenvalue weighted by Gasteiger charge is -2.34. The summed E-state index contributed by atoms with van der Waals surface area (Å²) < 4.78 is 16.2. The van der Waals surface area contributed by atoms with Crippen molar-refractivity contribution in [1.29, 1.82) is 0 Å². The zero-order chi connectivity index (χ0) is 20.9. The molecule has 7 nitrogen and oxygen atoms in total. The molecule has 3 aromatic rings. The van der Waals surface area contributed by atoms with Crippen LogP contribution in [-0.2, 0) is 13.1 Å². The number of hydrogen-bond donors (Lipinski definition) is 0. The van der Waals surface area contributed by atoms with Crippen LogP contribution >= 0.6 is 0 Å². The molecule has 2 heterocycles. The summed E-state index contributed by atoms with van der Waals surface area (Å²) in [5, 5.41) is 4.15. The second-order valence-corrected chi connectivity index (χ2v) is 7.56. The standard InChI is InChI=1S/C23H28N4O3/c1-17-6-4-5-7-18(17)15-26-10-12-27(13-11-26)16-22-24-23(25-30-22)20-9-8-19(28-2)14-21(20)29-3/h4-9,14H,10-13,15-16H2,1-3H3. The van der Waals surface area contributed by atoms with Crippen LogP contribution in [-0.4, -0.2) is 60.3 Å². The Morgan fingerprint density at radius 3 is 2.37 bits per heavy atom. The van der Waals surface area contributed by atoms with Crippen molar-refractivity contribution in [2.24, 2.45) is 0 Å². The Bertz CT molecular complexity index is 980. The molecule has 0 N–H and O–H groups in total. The summed E-state index contributed by atoms with van der Waals surface area (Å²) >= 11 is 0. The number of ether oxygens (including phenoxy) is 2. The summed E-state index contributed by atoms with van der Waals surface area (Å²) in [5.41, 5.74) is 3.55. The van der Waals surface area contributed by atoms with Crippen LogP contribution in [0.25, 0.3) is 11.4 Å². The van der Waals surface area contributed by atoms with E-state index < -0.39 is 0 Å². The Kier molecular flexibility index (Phi) is 6.30. The van der Waals surface area contributed by atoms with E-state index in [0.29, 0.717) is 24.0 Å². The van der Waals surface area contributed by atoms with Crippen LogP contribution < -0.4 is 9.47 Å². The maximum atomic E-state index is 5.51. The molecule has 7 heteroatoms. The second-order valence-electron chi connectivity index (χ2n) is 7.56. The van der Waals surface area contributed by atoms with Crippen molar-refractivity contribution in [3.8, 4) is 22.9 Å². The predicted octanol–water partition coefficient (Wildman–Crippen LogP) is 3.38. The van der Waals surface area contributed by atoms with Crippen molar-refractivity contribution < 1.29 is 14.0 Å². The number of aromatic nitrogens is 2. The highest BCUT2D eigenvalue weighted by molar-refractivity contribution is 5.65. The van der Waals surface area contributed by atoms with Gasteiger partial charge in [0.1, 0.15) is 11.5 Å². The quantitative estimate of drug-likeness (QED) is 0.594. The van der Waals surface area contributed by atoms with Gasteiger partial charge in [-0.05, 0) is 30.2 Å². The molecule has 0 spiro atoms. The third-order valence-corrected chi connectivity index (χ3v) is 5.60. The van der Waals surface area contributed by atoms with Crippen molar-refractivity contribution in [3.63, 3.8) is 0 Å². The number of aryl methyl sites for hydroxylation is 1. The summed E-state index contributed by atoms with van der Waals surface area (Å²) in [5.74, 6) is 2.53. The van der Waals surface area contributed by atoms with E-state index in [1.165, 1.54) is 11.1 Å². The third kappa shape index (κ3) is 4.63. The van der Waals surface area contributed by atoms with Crippen LogP contribution in [0.4, 0.5) is 0 Å². The molecule has 1 saturated heterocycles. The molecule has 158 valence electrons. The summed E-state index contributed by atoms with van der Waals surface area (Å²) in [6.07, 6.45) is 0. The average molecular weight is 409 g/mol. The predicted molar refractivity (Wildman–Crippen MR) is 115 cm³/mol. The van der Waals surface area contributed by atoms with Gasteiger partial charge >= 0.3 is 0 Å². The summed E-state index contributed by atoms with van der Waals surface area (Å²) in [6.45, 7) is 7.86. The molecule has 0 aliphatic carbocycles. The van der Waals surface area contributed by atoms with Crippen molar-refractivity contribution in [3.05, 3.63) is 59.5 Å². The third-order valence-electron chi connectivity index (χ3n) is 5.60. The lowest BCUT2D eigenvalue weighted by atomic mass is 10.1. The molecule has 2 aromatic carbocycles. The van der Waals surface area contributed by atoms with Crippen LogP contribution in [0.3, 0.4) is 0 Å². The van der Waals surface area contributed by atoms with Crippen LogP contribution in [0.2, 0.25) is 0 Å². The molecule has 1 fully saturated rings. The minimum atomic E-state index is 0.530. The van der Waals surface area contributed by atoms with Gasteiger partial charge in [-0.15, -0.1) is 0 Å². The minimum Gasteiger partial charge on any atom is -0.497 e. The number of nitrogens with zero attached hydrogens (tertiary/aromatic N) is 4. The van der Waals surface area contributed by atoms with Gasteiger partial charge in [-0.2, -0.15) is 4.98 Å². The largest absolute Gasteiger partial charge is 0.497 e. The second kappa shape index (κ2) is 9.28. The lowest BCUT2D eigenvalue weighted by Crippen LogP contribution is -2.45. The fraction of sp³-hybridized carbons (Fsp3) is 0.391. The Morgan fingerprint density at radius 2 is 1.67 bits per heavy atom. The molecule has 0 bridgehead atoms. The molecule has 0 atom stereocenters.